The summed E-state index contributed by atoms with van der Waals surface area (Å²) < 4.78 is 22.9. The molecule has 1 atom stereocenters. The fraction of sp³-hybridized carbons (Fsp3) is 0.538. The molecule has 0 aliphatic rings. The SMILES string of the molecule is CCCC(Cc1ccc(S(C)(=O)=O)cc1[N+](=O)[O-])NC. The number of nitro benzene ring substituents is 1. The van der Waals surface area contributed by atoms with Crippen molar-refractivity contribution in [3.63, 3.8) is 0 Å². The molecule has 1 aromatic carbocycles. The van der Waals surface area contributed by atoms with E-state index < -0.39 is 14.8 Å². The van der Waals surface area contributed by atoms with E-state index >= 15 is 0 Å². The quantitative estimate of drug-likeness (QED) is 0.614. The maximum atomic E-state index is 11.5. The van der Waals surface area contributed by atoms with E-state index in [9.17, 15) is 18.5 Å². The Labute approximate surface area is 119 Å². The molecule has 0 spiro atoms. The van der Waals surface area contributed by atoms with Crippen LogP contribution in [0.2, 0.25) is 0 Å². The van der Waals surface area contributed by atoms with E-state index in [0.29, 0.717) is 12.0 Å². The van der Waals surface area contributed by atoms with Gasteiger partial charge in [0, 0.05) is 23.9 Å². The molecule has 0 fully saturated rings. The Morgan fingerprint density at radius 2 is 2.05 bits per heavy atom. The van der Waals surface area contributed by atoms with Crippen LogP contribution in [0.25, 0.3) is 0 Å². The van der Waals surface area contributed by atoms with Crippen LogP contribution < -0.4 is 5.32 Å². The van der Waals surface area contributed by atoms with Crippen molar-refractivity contribution in [3.8, 4) is 0 Å². The first-order valence-electron chi connectivity index (χ1n) is 6.44. The lowest BCUT2D eigenvalue weighted by molar-refractivity contribution is -0.385. The maximum Gasteiger partial charge on any atom is 0.273 e. The van der Waals surface area contributed by atoms with Gasteiger partial charge < -0.3 is 5.32 Å². The van der Waals surface area contributed by atoms with E-state index in [4.69, 9.17) is 0 Å². The van der Waals surface area contributed by atoms with Gasteiger partial charge in [-0.2, -0.15) is 0 Å². The normalized spacial score (nSPS) is 13.2. The van der Waals surface area contributed by atoms with Crippen LogP contribution in [-0.4, -0.2) is 32.7 Å². The first-order chi connectivity index (χ1) is 9.29. The lowest BCUT2D eigenvalue weighted by Crippen LogP contribution is -2.27. The molecule has 0 aromatic heterocycles. The van der Waals surface area contributed by atoms with E-state index in [2.05, 4.69) is 5.32 Å². The summed E-state index contributed by atoms with van der Waals surface area (Å²) in [5, 5.41) is 14.2. The summed E-state index contributed by atoms with van der Waals surface area (Å²) in [4.78, 5) is 10.6. The van der Waals surface area contributed by atoms with Gasteiger partial charge in [0.1, 0.15) is 0 Å². The van der Waals surface area contributed by atoms with E-state index in [1.807, 2.05) is 14.0 Å². The van der Waals surface area contributed by atoms with Crippen molar-refractivity contribution in [2.45, 2.75) is 37.1 Å². The zero-order chi connectivity index (χ0) is 15.3. The third-order valence-corrected chi connectivity index (χ3v) is 4.30. The molecule has 112 valence electrons. The summed E-state index contributed by atoms with van der Waals surface area (Å²) in [5.74, 6) is 0. The third kappa shape index (κ3) is 4.28. The molecule has 0 aliphatic heterocycles. The summed E-state index contributed by atoms with van der Waals surface area (Å²) in [6.07, 6.45) is 3.42. The Morgan fingerprint density at radius 1 is 1.40 bits per heavy atom. The number of benzene rings is 1. The minimum Gasteiger partial charge on any atom is -0.317 e. The molecule has 6 nitrogen and oxygen atoms in total. The third-order valence-electron chi connectivity index (χ3n) is 3.19. The summed E-state index contributed by atoms with van der Waals surface area (Å²) in [5.41, 5.74) is 0.416. The maximum absolute atomic E-state index is 11.5. The van der Waals surface area contributed by atoms with E-state index in [1.165, 1.54) is 12.1 Å². The highest BCUT2D eigenvalue weighted by Gasteiger charge is 2.20. The fourth-order valence-electron chi connectivity index (χ4n) is 2.08. The van der Waals surface area contributed by atoms with Crippen molar-refractivity contribution < 1.29 is 13.3 Å². The molecule has 0 radical (unpaired) electrons. The van der Waals surface area contributed by atoms with Gasteiger partial charge in [0.25, 0.3) is 5.69 Å². The minimum absolute atomic E-state index is 0.0237. The average Bonchev–Trinajstić information content (AvgIpc) is 2.36. The predicted molar refractivity (Wildman–Crippen MR) is 77.7 cm³/mol. The molecule has 1 rings (SSSR count). The first-order valence-corrected chi connectivity index (χ1v) is 8.33. The van der Waals surface area contributed by atoms with Crippen molar-refractivity contribution in [1.82, 2.24) is 5.32 Å². The lowest BCUT2D eigenvalue weighted by Gasteiger charge is -2.15. The van der Waals surface area contributed by atoms with Crippen molar-refractivity contribution in [2.75, 3.05) is 13.3 Å². The number of sulfone groups is 1. The zero-order valence-corrected chi connectivity index (χ0v) is 12.7. The molecule has 0 saturated carbocycles. The molecule has 0 bridgehead atoms. The second-order valence-electron chi connectivity index (χ2n) is 4.80. The number of nitro groups is 1. The van der Waals surface area contributed by atoms with Gasteiger partial charge in [-0.3, -0.25) is 10.1 Å². The van der Waals surface area contributed by atoms with Gasteiger partial charge in [0.2, 0.25) is 0 Å². The van der Waals surface area contributed by atoms with Crippen molar-refractivity contribution in [1.29, 1.82) is 0 Å². The van der Waals surface area contributed by atoms with Crippen LogP contribution in [0.5, 0.6) is 0 Å². The van der Waals surface area contributed by atoms with Gasteiger partial charge in [-0.1, -0.05) is 19.4 Å². The number of hydrogen-bond acceptors (Lipinski definition) is 5. The van der Waals surface area contributed by atoms with Crippen LogP contribution in [-0.2, 0) is 16.3 Å². The van der Waals surface area contributed by atoms with Crippen LogP contribution in [0.1, 0.15) is 25.3 Å². The molecule has 20 heavy (non-hydrogen) atoms. The minimum atomic E-state index is -3.44. The van der Waals surface area contributed by atoms with Crippen LogP contribution in [0, 0.1) is 10.1 Å². The molecule has 1 N–H and O–H groups in total. The first kappa shape index (κ1) is 16.6. The number of hydrogen-bond donors (Lipinski definition) is 1. The van der Waals surface area contributed by atoms with Crippen molar-refractivity contribution >= 4 is 15.5 Å². The van der Waals surface area contributed by atoms with Gasteiger partial charge >= 0.3 is 0 Å². The standard InChI is InChI=1S/C13H20N2O4S/c1-4-5-11(14-2)8-10-6-7-12(20(3,18)19)9-13(10)15(16)17/h6-7,9,11,14H,4-5,8H2,1-3H3. The molecule has 0 aliphatic carbocycles. The van der Waals surface area contributed by atoms with Gasteiger partial charge in [-0.05, 0) is 26.0 Å². The summed E-state index contributed by atoms with van der Waals surface area (Å²) in [6, 6.07) is 4.25. The highest BCUT2D eigenvalue weighted by molar-refractivity contribution is 7.90. The Hall–Kier alpha value is -1.47. The number of likely N-dealkylation sites (N-methyl/N-ethyl adjacent to an activating group) is 1. The van der Waals surface area contributed by atoms with E-state index in [0.717, 1.165) is 25.2 Å². The monoisotopic (exact) mass is 300 g/mol. The van der Waals surface area contributed by atoms with Gasteiger partial charge in [-0.25, -0.2) is 8.42 Å². The van der Waals surface area contributed by atoms with Crippen LogP contribution in [0.15, 0.2) is 23.1 Å². The number of nitrogens with zero attached hydrogens (tertiary/aromatic N) is 1. The zero-order valence-electron chi connectivity index (χ0n) is 11.9. The Balaban J connectivity index is 3.17. The topological polar surface area (TPSA) is 89.3 Å². The second kappa shape index (κ2) is 6.81. The van der Waals surface area contributed by atoms with Gasteiger partial charge in [0.15, 0.2) is 9.84 Å². The largest absolute Gasteiger partial charge is 0.317 e. The van der Waals surface area contributed by atoms with Gasteiger partial charge in [0.05, 0.1) is 9.82 Å². The number of nitrogens with one attached hydrogen (secondary N) is 1. The molecule has 7 heteroatoms. The molecule has 0 amide bonds. The Kier molecular flexibility index (Phi) is 5.64. The van der Waals surface area contributed by atoms with E-state index in [1.54, 1.807) is 0 Å². The number of rotatable bonds is 7. The Morgan fingerprint density at radius 3 is 2.50 bits per heavy atom. The summed E-state index contributed by atoms with van der Waals surface area (Å²) in [7, 11) is -1.62. The average molecular weight is 300 g/mol. The lowest BCUT2D eigenvalue weighted by atomic mass is 10.0. The Bertz CT molecular complexity index is 584. The molecule has 1 unspecified atom stereocenters. The molecule has 0 saturated heterocycles. The molecule has 1 aromatic rings. The van der Waals surface area contributed by atoms with Crippen LogP contribution >= 0.6 is 0 Å². The summed E-state index contributed by atoms with van der Waals surface area (Å²) >= 11 is 0. The molecular formula is C13H20N2O4S. The highest BCUT2D eigenvalue weighted by Crippen LogP contribution is 2.24. The van der Waals surface area contributed by atoms with Gasteiger partial charge in [-0.15, -0.1) is 0 Å². The van der Waals surface area contributed by atoms with Crippen molar-refractivity contribution in [2.24, 2.45) is 0 Å². The van der Waals surface area contributed by atoms with Crippen LogP contribution in [0.4, 0.5) is 5.69 Å². The van der Waals surface area contributed by atoms with Crippen molar-refractivity contribution in [3.05, 3.63) is 33.9 Å². The smallest absolute Gasteiger partial charge is 0.273 e. The summed E-state index contributed by atoms with van der Waals surface area (Å²) in [6.45, 7) is 2.05. The van der Waals surface area contributed by atoms with E-state index in [-0.39, 0.29) is 16.6 Å². The second-order valence-corrected chi connectivity index (χ2v) is 6.81. The highest BCUT2D eigenvalue weighted by atomic mass is 32.2. The van der Waals surface area contributed by atoms with Crippen LogP contribution in [0.3, 0.4) is 0 Å². The molecule has 0 heterocycles. The molecular weight excluding hydrogens is 280 g/mol. The fourth-order valence-corrected chi connectivity index (χ4v) is 2.72. The predicted octanol–water partition coefficient (Wildman–Crippen LogP) is 1.93.